The lowest BCUT2D eigenvalue weighted by atomic mass is 10.0. The topological polar surface area (TPSA) is 115 Å². The van der Waals surface area contributed by atoms with Gasteiger partial charge in [0.2, 0.25) is 0 Å². The second kappa shape index (κ2) is 11.4. The number of aliphatic hydroxyl groups is 2. The number of amides is 1. The van der Waals surface area contributed by atoms with Crippen molar-refractivity contribution in [1.82, 2.24) is 0 Å². The van der Waals surface area contributed by atoms with Gasteiger partial charge in [-0.2, -0.15) is 5.11 Å². The van der Waals surface area contributed by atoms with E-state index < -0.39 is 5.91 Å². The lowest BCUT2D eigenvalue weighted by Crippen LogP contribution is -2.14. The molecule has 0 aromatic heterocycles. The van der Waals surface area contributed by atoms with Gasteiger partial charge in [0.25, 0.3) is 5.91 Å². The lowest BCUT2D eigenvalue weighted by molar-refractivity contribution is 0.102. The van der Waals surface area contributed by atoms with Gasteiger partial charge >= 0.3 is 0 Å². The summed E-state index contributed by atoms with van der Waals surface area (Å²) in [6.07, 6.45) is 0. The molecule has 0 saturated heterocycles. The second-order valence-corrected chi connectivity index (χ2v) is 9.26. The Morgan fingerprint density at radius 2 is 1.46 bits per heavy atom. The smallest absolute Gasteiger partial charge is 0.256 e. The predicted molar refractivity (Wildman–Crippen MR) is 153 cm³/mol. The zero-order chi connectivity index (χ0) is 27.4. The first-order chi connectivity index (χ1) is 19.0. The number of phenolic OH excluding ortho intramolecular Hbond substituents is 1. The third-order valence-corrected chi connectivity index (χ3v) is 6.58. The molecule has 0 radical (unpaired) electrons. The first-order valence-corrected chi connectivity index (χ1v) is 12.5. The van der Waals surface area contributed by atoms with Crippen molar-refractivity contribution >= 4 is 45.3 Å². The molecule has 5 aromatic rings. The van der Waals surface area contributed by atoms with Gasteiger partial charge in [-0.25, -0.2) is 0 Å². The summed E-state index contributed by atoms with van der Waals surface area (Å²) in [4.78, 5) is 13.3. The maximum Gasteiger partial charge on any atom is 0.256 e. The monoisotopic (exact) mass is 537 g/mol. The number of rotatable bonds is 7. The van der Waals surface area contributed by atoms with E-state index >= 15 is 0 Å². The maximum absolute atomic E-state index is 13.3. The molecule has 194 valence electrons. The quantitative estimate of drug-likeness (QED) is 0.161. The number of phenols is 1. The first-order valence-electron chi connectivity index (χ1n) is 12.1. The minimum Gasteiger partial charge on any atom is -0.506 e. The van der Waals surface area contributed by atoms with Crippen LogP contribution in [0.3, 0.4) is 0 Å². The summed E-state index contributed by atoms with van der Waals surface area (Å²) in [5.74, 6) is -0.703. The number of hydrogen-bond acceptors (Lipinski definition) is 6. The number of benzene rings is 5. The van der Waals surface area contributed by atoms with Gasteiger partial charge in [-0.15, -0.1) is 5.11 Å². The van der Waals surface area contributed by atoms with Crippen molar-refractivity contribution in [2.75, 3.05) is 5.32 Å². The third kappa shape index (κ3) is 5.51. The summed E-state index contributed by atoms with van der Waals surface area (Å²) >= 11 is 6.01. The fourth-order valence-corrected chi connectivity index (χ4v) is 4.54. The molecule has 4 N–H and O–H groups in total. The van der Waals surface area contributed by atoms with Crippen LogP contribution in [0.1, 0.15) is 21.5 Å². The molecule has 7 nitrogen and oxygen atoms in total. The van der Waals surface area contributed by atoms with E-state index in [1.54, 1.807) is 48.5 Å². The standard InChI is InChI=1S/C31H24ClN3O4/c32-23-12-13-27(22(14-23)18-37)33-31(39)26-16-29(38)30(25-9-5-4-8-24(25)26)35-34-28-15-20(10-11-21(28)17-36)19-6-2-1-3-7-19/h1-16,36-38H,17-18H2,(H,33,39)/b35-34+. The molecule has 5 rings (SSSR count). The fourth-order valence-electron chi connectivity index (χ4n) is 4.35. The SMILES string of the molecule is O=C(Nc1ccc(Cl)cc1CO)c1cc(O)c(/N=N/c2cc(-c3ccccc3)ccc2CO)c2ccccc12. The molecule has 0 aliphatic heterocycles. The first kappa shape index (κ1) is 26.1. The Hall–Kier alpha value is -4.56. The van der Waals surface area contributed by atoms with Gasteiger partial charge in [0, 0.05) is 27.2 Å². The summed E-state index contributed by atoms with van der Waals surface area (Å²) in [6, 6.07) is 28.5. The Labute approximate surface area is 229 Å². The molecule has 5 aromatic carbocycles. The molecule has 0 aliphatic rings. The number of fused-ring (bicyclic) bond motifs is 1. The van der Waals surface area contributed by atoms with Crippen LogP contribution in [-0.4, -0.2) is 21.2 Å². The number of nitrogens with one attached hydrogen (secondary N) is 1. The molecule has 0 saturated carbocycles. The van der Waals surface area contributed by atoms with E-state index in [4.69, 9.17) is 11.6 Å². The minimum absolute atomic E-state index is 0.193. The molecule has 39 heavy (non-hydrogen) atoms. The second-order valence-electron chi connectivity index (χ2n) is 8.82. The number of hydrogen-bond donors (Lipinski definition) is 4. The normalized spacial score (nSPS) is 11.3. The number of azo groups is 1. The number of carbonyl (C=O) groups excluding carboxylic acids is 1. The summed E-state index contributed by atoms with van der Waals surface area (Å²) in [6.45, 7) is -0.529. The molecule has 0 bridgehead atoms. The van der Waals surface area contributed by atoms with Crippen molar-refractivity contribution in [3.05, 3.63) is 119 Å². The van der Waals surface area contributed by atoms with E-state index in [9.17, 15) is 20.1 Å². The van der Waals surface area contributed by atoms with Gasteiger partial charge in [0.1, 0.15) is 11.4 Å². The maximum atomic E-state index is 13.3. The zero-order valence-electron chi connectivity index (χ0n) is 20.7. The van der Waals surface area contributed by atoms with E-state index in [-0.39, 0.29) is 30.2 Å². The van der Waals surface area contributed by atoms with Gasteiger partial charge in [-0.05, 0) is 46.8 Å². The van der Waals surface area contributed by atoms with Crippen LogP contribution in [0.2, 0.25) is 5.02 Å². The number of aliphatic hydroxyl groups excluding tert-OH is 2. The van der Waals surface area contributed by atoms with Crippen LogP contribution >= 0.6 is 11.6 Å². The van der Waals surface area contributed by atoms with Gasteiger partial charge < -0.3 is 20.6 Å². The summed E-state index contributed by atoms with van der Waals surface area (Å²) in [5.41, 5.74) is 4.24. The molecule has 0 aliphatic carbocycles. The highest BCUT2D eigenvalue weighted by Gasteiger charge is 2.18. The Morgan fingerprint density at radius 3 is 2.21 bits per heavy atom. The summed E-state index contributed by atoms with van der Waals surface area (Å²) in [7, 11) is 0. The van der Waals surface area contributed by atoms with Crippen LogP contribution in [0.15, 0.2) is 107 Å². The lowest BCUT2D eigenvalue weighted by Gasteiger charge is -2.13. The highest BCUT2D eigenvalue weighted by atomic mass is 35.5. The van der Waals surface area contributed by atoms with Crippen LogP contribution in [0.25, 0.3) is 21.9 Å². The van der Waals surface area contributed by atoms with Gasteiger partial charge in [-0.1, -0.05) is 78.3 Å². The van der Waals surface area contributed by atoms with Crippen molar-refractivity contribution in [1.29, 1.82) is 0 Å². The van der Waals surface area contributed by atoms with Crippen LogP contribution < -0.4 is 5.32 Å². The van der Waals surface area contributed by atoms with Crippen molar-refractivity contribution in [2.24, 2.45) is 10.2 Å². The fraction of sp³-hybridized carbons (Fsp3) is 0.0645. The number of carbonyl (C=O) groups is 1. The Balaban J connectivity index is 1.53. The van der Waals surface area contributed by atoms with E-state index in [1.165, 1.54) is 6.07 Å². The van der Waals surface area contributed by atoms with Crippen molar-refractivity contribution < 1.29 is 20.1 Å². The molecule has 0 fully saturated rings. The van der Waals surface area contributed by atoms with Crippen LogP contribution in [0.5, 0.6) is 5.75 Å². The summed E-state index contributed by atoms with van der Waals surface area (Å²) in [5, 5.41) is 43.5. The zero-order valence-corrected chi connectivity index (χ0v) is 21.4. The van der Waals surface area contributed by atoms with E-state index in [0.29, 0.717) is 38.3 Å². The Morgan fingerprint density at radius 1 is 0.744 bits per heavy atom. The number of anilines is 1. The van der Waals surface area contributed by atoms with Crippen LogP contribution in [0.4, 0.5) is 17.1 Å². The Kier molecular flexibility index (Phi) is 7.65. The third-order valence-electron chi connectivity index (χ3n) is 6.35. The molecule has 0 spiro atoms. The number of nitrogens with zero attached hydrogens (tertiary/aromatic N) is 2. The highest BCUT2D eigenvalue weighted by Crippen LogP contribution is 2.39. The van der Waals surface area contributed by atoms with Crippen LogP contribution in [0, 0.1) is 0 Å². The number of aromatic hydroxyl groups is 1. The van der Waals surface area contributed by atoms with E-state index in [0.717, 1.165) is 11.1 Å². The molecule has 1 amide bonds. The summed E-state index contributed by atoms with van der Waals surface area (Å²) < 4.78 is 0. The van der Waals surface area contributed by atoms with Crippen LogP contribution in [-0.2, 0) is 13.2 Å². The average Bonchev–Trinajstić information content (AvgIpc) is 2.97. The molecule has 8 heteroatoms. The van der Waals surface area contributed by atoms with Gasteiger partial charge in [0.05, 0.1) is 24.5 Å². The average molecular weight is 538 g/mol. The molecule has 0 unspecified atom stereocenters. The van der Waals surface area contributed by atoms with E-state index in [2.05, 4.69) is 15.5 Å². The molecular formula is C31H24ClN3O4. The Bertz CT molecular complexity index is 1700. The molecule has 0 heterocycles. The van der Waals surface area contributed by atoms with Gasteiger partial charge in [0.15, 0.2) is 0 Å². The largest absolute Gasteiger partial charge is 0.506 e. The molecular weight excluding hydrogens is 514 g/mol. The highest BCUT2D eigenvalue weighted by molar-refractivity contribution is 6.30. The predicted octanol–water partition coefficient (Wildman–Crippen LogP) is 7.52. The van der Waals surface area contributed by atoms with Crippen molar-refractivity contribution in [2.45, 2.75) is 13.2 Å². The van der Waals surface area contributed by atoms with Crippen molar-refractivity contribution in [3.63, 3.8) is 0 Å². The number of halogens is 1. The molecule has 0 atom stereocenters. The van der Waals surface area contributed by atoms with Gasteiger partial charge in [-0.3, -0.25) is 4.79 Å². The van der Waals surface area contributed by atoms with E-state index in [1.807, 2.05) is 42.5 Å². The van der Waals surface area contributed by atoms with Crippen molar-refractivity contribution in [3.8, 4) is 16.9 Å². The minimum atomic E-state index is -0.472.